The van der Waals surface area contributed by atoms with Gasteiger partial charge in [-0.3, -0.25) is 9.59 Å². The van der Waals surface area contributed by atoms with Gasteiger partial charge in [-0.05, 0) is 48.2 Å². The molecular formula is C23H24N2O3. The molecule has 2 N–H and O–H groups in total. The van der Waals surface area contributed by atoms with E-state index in [-0.39, 0.29) is 29.5 Å². The average Bonchev–Trinajstić information content (AvgIpc) is 2.66. The quantitative estimate of drug-likeness (QED) is 0.722. The van der Waals surface area contributed by atoms with E-state index in [1.807, 2.05) is 12.1 Å². The Labute approximate surface area is 163 Å². The Morgan fingerprint density at radius 1 is 1.11 bits per heavy atom. The van der Waals surface area contributed by atoms with Crippen LogP contribution >= 0.6 is 0 Å². The number of nitrogens with one attached hydrogen (secondary N) is 1. The van der Waals surface area contributed by atoms with Crippen LogP contribution in [-0.4, -0.2) is 40.1 Å². The molecule has 0 unspecified atom stereocenters. The van der Waals surface area contributed by atoms with Gasteiger partial charge in [0, 0.05) is 24.7 Å². The number of rotatable bonds is 2. The van der Waals surface area contributed by atoms with Crippen molar-refractivity contribution < 1.29 is 9.90 Å². The van der Waals surface area contributed by atoms with E-state index in [4.69, 9.17) is 0 Å². The van der Waals surface area contributed by atoms with Crippen LogP contribution in [0.25, 0.3) is 10.8 Å². The Balaban J connectivity index is 1.55. The molecule has 28 heavy (non-hydrogen) atoms. The van der Waals surface area contributed by atoms with Crippen molar-refractivity contribution in [1.29, 1.82) is 0 Å². The largest absolute Gasteiger partial charge is 0.391 e. The van der Waals surface area contributed by atoms with E-state index in [1.54, 1.807) is 24.8 Å². The molecule has 1 amide bonds. The zero-order valence-corrected chi connectivity index (χ0v) is 16.1. The van der Waals surface area contributed by atoms with Crippen molar-refractivity contribution in [2.24, 2.45) is 0 Å². The van der Waals surface area contributed by atoms with Gasteiger partial charge in [0.25, 0.3) is 11.5 Å². The number of carbonyl (C=O) groups excluding carboxylic acids is 1. The number of β-amino-alcohol motifs (C(OH)–C–C–N with tert-alkyl or cyclic N) is 1. The Hall–Kier alpha value is -2.92. The number of nitrogens with zero attached hydrogens (tertiary/aromatic N) is 1. The molecule has 1 aliphatic rings. The number of aromatic amines is 1. The number of hydrogen-bond acceptors (Lipinski definition) is 3. The van der Waals surface area contributed by atoms with Gasteiger partial charge in [-0.15, -0.1) is 0 Å². The second-order valence-corrected chi connectivity index (χ2v) is 7.66. The number of amides is 1. The number of aromatic nitrogens is 1. The SMILES string of the molecule is Cc1cc(C)c(C(=O)N2CC[C@@H](c3ccc4ccccc4c3)[C@H](O)C2)c(=O)[nH]1. The number of pyridine rings is 1. The summed E-state index contributed by atoms with van der Waals surface area (Å²) in [5, 5.41) is 13.1. The summed E-state index contributed by atoms with van der Waals surface area (Å²) in [4.78, 5) is 29.5. The summed E-state index contributed by atoms with van der Waals surface area (Å²) in [6.45, 7) is 4.30. The third-order valence-corrected chi connectivity index (χ3v) is 5.65. The highest BCUT2D eigenvalue weighted by Crippen LogP contribution is 2.31. The molecule has 3 aromatic rings. The third kappa shape index (κ3) is 3.34. The molecule has 0 radical (unpaired) electrons. The van der Waals surface area contributed by atoms with Crippen LogP contribution in [0.5, 0.6) is 0 Å². The van der Waals surface area contributed by atoms with Crippen LogP contribution in [0.2, 0.25) is 0 Å². The van der Waals surface area contributed by atoms with E-state index in [1.165, 1.54) is 5.39 Å². The van der Waals surface area contributed by atoms with E-state index in [9.17, 15) is 14.7 Å². The van der Waals surface area contributed by atoms with Crippen molar-refractivity contribution in [3.63, 3.8) is 0 Å². The highest BCUT2D eigenvalue weighted by Gasteiger charge is 2.32. The minimum atomic E-state index is -0.663. The minimum Gasteiger partial charge on any atom is -0.391 e. The van der Waals surface area contributed by atoms with Crippen LogP contribution in [0, 0.1) is 13.8 Å². The van der Waals surface area contributed by atoms with Gasteiger partial charge in [0.05, 0.1) is 6.10 Å². The molecule has 4 rings (SSSR count). The van der Waals surface area contributed by atoms with Crippen molar-refractivity contribution in [3.8, 4) is 0 Å². The molecule has 0 spiro atoms. The summed E-state index contributed by atoms with van der Waals surface area (Å²) in [6.07, 6.45) is -0.00247. The lowest BCUT2D eigenvalue weighted by molar-refractivity contribution is 0.0380. The second-order valence-electron chi connectivity index (χ2n) is 7.66. The number of likely N-dealkylation sites (tertiary alicyclic amines) is 1. The fraction of sp³-hybridized carbons (Fsp3) is 0.304. The second kappa shape index (κ2) is 7.24. The van der Waals surface area contributed by atoms with Crippen molar-refractivity contribution in [2.45, 2.75) is 32.3 Å². The monoisotopic (exact) mass is 376 g/mol. The highest BCUT2D eigenvalue weighted by atomic mass is 16.3. The van der Waals surface area contributed by atoms with Crippen molar-refractivity contribution in [2.75, 3.05) is 13.1 Å². The normalized spacial score (nSPS) is 19.8. The zero-order chi connectivity index (χ0) is 19.8. The van der Waals surface area contributed by atoms with E-state index < -0.39 is 6.10 Å². The molecule has 0 saturated carbocycles. The van der Waals surface area contributed by atoms with Crippen molar-refractivity contribution in [3.05, 3.63) is 81.3 Å². The predicted molar refractivity (Wildman–Crippen MR) is 110 cm³/mol. The Morgan fingerprint density at radius 3 is 2.57 bits per heavy atom. The maximum atomic E-state index is 12.9. The summed E-state index contributed by atoms with van der Waals surface area (Å²) < 4.78 is 0. The van der Waals surface area contributed by atoms with E-state index in [2.05, 4.69) is 35.3 Å². The molecule has 2 heterocycles. The number of piperidine rings is 1. The molecule has 5 nitrogen and oxygen atoms in total. The number of hydrogen-bond donors (Lipinski definition) is 2. The third-order valence-electron chi connectivity index (χ3n) is 5.65. The molecule has 144 valence electrons. The highest BCUT2D eigenvalue weighted by molar-refractivity contribution is 5.95. The maximum Gasteiger partial charge on any atom is 0.261 e. The van der Waals surface area contributed by atoms with E-state index in [0.29, 0.717) is 18.5 Å². The Kier molecular flexibility index (Phi) is 4.77. The number of benzene rings is 2. The van der Waals surface area contributed by atoms with Crippen LogP contribution in [0.15, 0.2) is 53.3 Å². The zero-order valence-electron chi connectivity index (χ0n) is 16.1. The number of aryl methyl sites for hydroxylation is 2. The number of fused-ring (bicyclic) bond motifs is 1. The van der Waals surface area contributed by atoms with Crippen LogP contribution in [0.3, 0.4) is 0 Å². The van der Waals surface area contributed by atoms with Gasteiger partial charge in [-0.1, -0.05) is 42.5 Å². The average molecular weight is 376 g/mol. The Bertz CT molecular complexity index is 1100. The summed E-state index contributed by atoms with van der Waals surface area (Å²) in [7, 11) is 0. The number of aliphatic hydroxyl groups excluding tert-OH is 1. The molecular weight excluding hydrogens is 352 g/mol. The summed E-state index contributed by atoms with van der Waals surface area (Å²) in [5.41, 5.74) is 2.28. The molecule has 2 atom stereocenters. The van der Waals surface area contributed by atoms with Crippen LogP contribution < -0.4 is 5.56 Å². The van der Waals surface area contributed by atoms with Gasteiger partial charge < -0.3 is 15.0 Å². The van der Waals surface area contributed by atoms with Crippen LogP contribution in [0.4, 0.5) is 0 Å². The van der Waals surface area contributed by atoms with Gasteiger partial charge in [-0.25, -0.2) is 0 Å². The van der Waals surface area contributed by atoms with Crippen LogP contribution in [-0.2, 0) is 0 Å². The maximum absolute atomic E-state index is 12.9. The van der Waals surface area contributed by atoms with Gasteiger partial charge in [-0.2, -0.15) is 0 Å². The van der Waals surface area contributed by atoms with Gasteiger partial charge in [0.2, 0.25) is 0 Å². The molecule has 1 fully saturated rings. The smallest absolute Gasteiger partial charge is 0.261 e. The molecule has 2 aromatic carbocycles. The molecule has 0 bridgehead atoms. The number of aliphatic hydroxyl groups is 1. The van der Waals surface area contributed by atoms with Crippen molar-refractivity contribution >= 4 is 16.7 Å². The van der Waals surface area contributed by atoms with Gasteiger partial charge in [0.15, 0.2) is 0 Å². The topological polar surface area (TPSA) is 73.4 Å². The first-order valence-electron chi connectivity index (χ1n) is 9.60. The molecule has 5 heteroatoms. The number of H-pyrrole nitrogens is 1. The lowest BCUT2D eigenvalue weighted by Gasteiger charge is -2.36. The lowest BCUT2D eigenvalue weighted by Crippen LogP contribution is -2.47. The first-order chi connectivity index (χ1) is 13.4. The minimum absolute atomic E-state index is 0.0222. The van der Waals surface area contributed by atoms with E-state index in [0.717, 1.165) is 16.6 Å². The van der Waals surface area contributed by atoms with E-state index >= 15 is 0 Å². The summed E-state index contributed by atoms with van der Waals surface area (Å²) >= 11 is 0. The standard InChI is InChI=1S/C23H24N2O3/c1-14-11-15(2)24-22(27)21(14)23(28)25-10-9-19(20(26)13-25)18-8-7-16-5-3-4-6-17(16)12-18/h3-8,11-12,19-20,26H,9-10,13H2,1-2H3,(H,24,27)/t19-,20+/m0/s1. The lowest BCUT2D eigenvalue weighted by atomic mass is 9.86. The fourth-order valence-corrected chi connectivity index (χ4v) is 4.22. The molecule has 1 saturated heterocycles. The fourth-order valence-electron chi connectivity index (χ4n) is 4.22. The van der Waals surface area contributed by atoms with Crippen LogP contribution in [0.1, 0.15) is 39.5 Å². The van der Waals surface area contributed by atoms with Crippen molar-refractivity contribution in [1.82, 2.24) is 9.88 Å². The molecule has 0 aliphatic carbocycles. The molecule has 1 aromatic heterocycles. The first-order valence-corrected chi connectivity index (χ1v) is 9.60. The molecule has 1 aliphatic heterocycles. The van der Waals surface area contributed by atoms with Gasteiger partial charge in [0.1, 0.15) is 5.56 Å². The summed E-state index contributed by atoms with van der Waals surface area (Å²) in [5.74, 6) is -0.333. The number of carbonyl (C=O) groups is 1. The van der Waals surface area contributed by atoms with Gasteiger partial charge >= 0.3 is 0 Å². The predicted octanol–water partition coefficient (Wildman–Crippen LogP) is 3.14. The summed E-state index contributed by atoms with van der Waals surface area (Å²) in [6, 6.07) is 16.2. The first kappa shape index (κ1) is 18.4. The Morgan fingerprint density at radius 2 is 1.86 bits per heavy atom.